The molecule has 4 aromatic rings. The highest BCUT2D eigenvalue weighted by Crippen LogP contribution is 2.38. The first-order chi connectivity index (χ1) is 18.0. The molecule has 4 heterocycles. The van der Waals surface area contributed by atoms with Crippen molar-refractivity contribution in [1.82, 2.24) is 24.5 Å². The van der Waals surface area contributed by atoms with E-state index in [2.05, 4.69) is 19.8 Å². The van der Waals surface area contributed by atoms with E-state index >= 15 is 4.39 Å². The molecule has 1 atom stereocenters. The van der Waals surface area contributed by atoms with E-state index in [1.54, 1.807) is 0 Å². The van der Waals surface area contributed by atoms with E-state index in [9.17, 15) is 17.6 Å². The molecule has 0 saturated carbocycles. The number of hydrogen-bond donors (Lipinski definition) is 1. The van der Waals surface area contributed by atoms with Gasteiger partial charge in [0.25, 0.3) is 5.91 Å². The third kappa shape index (κ3) is 5.25. The predicted molar refractivity (Wildman–Crippen MR) is 138 cm³/mol. The number of ether oxygens (including phenoxy) is 1. The van der Waals surface area contributed by atoms with E-state index in [0.717, 1.165) is 23.7 Å². The molecule has 0 bridgehead atoms. The Kier molecular flexibility index (Phi) is 7.15. The number of halogens is 4. The number of anilines is 1. The van der Waals surface area contributed by atoms with Crippen LogP contribution in [0.5, 0.6) is 5.75 Å². The van der Waals surface area contributed by atoms with Gasteiger partial charge in [-0.2, -0.15) is 5.10 Å². The van der Waals surface area contributed by atoms with Crippen molar-refractivity contribution in [2.75, 3.05) is 24.1 Å². The Morgan fingerprint density at radius 3 is 2.74 bits per heavy atom. The summed E-state index contributed by atoms with van der Waals surface area (Å²) in [6.07, 6.45) is 1.33. The van der Waals surface area contributed by atoms with Gasteiger partial charge in [0.1, 0.15) is 29.4 Å². The minimum atomic E-state index is -3.57. The molecule has 10 nitrogen and oxygen atoms in total. The van der Waals surface area contributed by atoms with Gasteiger partial charge in [-0.05, 0) is 24.3 Å². The van der Waals surface area contributed by atoms with Crippen LogP contribution in [0.15, 0.2) is 30.3 Å². The number of imidazole rings is 1. The molecule has 1 aliphatic rings. The van der Waals surface area contributed by atoms with Crippen molar-refractivity contribution >= 4 is 61.2 Å². The van der Waals surface area contributed by atoms with Crippen molar-refractivity contribution in [3.8, 4) is 5.75 Å². The molecule has 1 unspecified atom stereocenters. The van der Waals surface area contributed by atoms with Gasteiger partial charge in [0.2, 0.25) is 15.0 Å². The van der Waals surface area contributed by atoms with Gasteiger partial charge in [-0.15, -0.1) is 0 Å². The largest absolute Gasteiger partial charge is 0.481 e. The number of sulfonamides is 1. The maximum absolute atomic E-state index is 15.2. The summed E-state index contributed by atoms with van der Waals surface area (Å²) >= 11 is 13.2. The zero-order chi connectivity index (χ0) is 27.2. The predicted octanol–water partition coefficient (Wildman–Crippen LogP) is 4.03. The van der Waals surface area contributed by atoms with Crippen LogP contribution in [0.1, 0.15) is 28.0 Å². The van der Waals surface area contributed by atoms with Gasteiger partial charge in [0.05, 0.1) is 17.6 Å². The summed E-state index contributed by atoms with van der Waals surface area (Å²) in [5.74, 6) is -1.10. The number of nitrogens with one attached hydrogen (secondary N) is 1. The average molecular weight is 603 g/mol. The molecule has 0 aliphatic carbocycles. The van der Waals surface area contributed by atoms with Crippen molar-refractivity contribution in [1.29, 1.82) is 0 Å². The smallest absolute Gasteiger partial charge is 0.261 e. The molecule has 5 rings (SSSR count). The number of amides is 1. The van der Waals surface area contributed by atoms with Crippen molar-refractivity contribution < 1.29 is 26.7 Å². The lowest BCUT2D eigenvalue weighted by molar-refractivity contribution is -0.135. The highest BCUT2D eigenvalue weighted by Gasteiger charge is 2.38. The van der Waals surface area contributed by atoms with E-state index in [0.29, 0.717) is 22.8 Å². The fourth-order valence-electron chi connectivity index (χ4n) is 4.17. The zero-order valence-electron chi connectivity index (χ0n) is 19.5. The van der Waals surface area contributed by atoms with E-state index in [1.165, 1.54) is 33.7 Å². The average Bonchev–Trinajstić information content (AvgIpc) is 3.39. The Bertz CT molecular complexity index is 1660. The van der Waals surface area contributed by atoms with Crippen LogP contribution in [-0.2, 0) is 27.9 Å². The highest BCUT2D eigenvalue weighted by molar-refractivity contribution is 7.92. The van der Waals surface area contributed by atoms with Crippen LogP contribution in [0.3, 0.4) is 0 Å². The van der Waals surface area contributed by atoms with Gasteiger partial charge >= 0.3 is 0 Å². The molecule has 0 spiro atoms. The number of hydrogen-bond acceptors (Lipinski definition) is 8. The lowest BCUT2D eigenvalue weighted by Gasteiger charge is -2.35. The Balaban J connectivity index is 1.46. The summed E-state index contributed by atoms with van der Waals surface area (Å²) in [5, 5.41) is 4.49. The molecule has 1 N–H and O–H groups in total. The van der Waals surface area contributed by atoms with Gasteiger partial charge in [-0.1, -0.05) is 40.6 Å². The van der Waals surface area contributed by atoms with Crippen LogP contribution in [-0.4, -0.2) is 58.2 Å². The number of benzene rings is 1. The molecule has 1 aliphatic heterocycles. The first-order valence-electron chi connectivity index (χ1n) is 11.0. The second kappa shape index (κ2) is 10.2. The summed E-state index contributed by atoms with van der Waals surface area (Å²) in [4.78, 5) is 23.7. The van der Waals surface area contributed by atoms with Crippen LogP contribution in [0.4, 0.5) is 14.6 Å². The van der Waals surface area contributed by atoms with Crippen LogP contribution in [0, 0.1) is 5.82 Å². The molecule has 0 radical (unpaired) electrons. The molecule has 38 heavy (non-hydrogen) atoms. The van der Waals surface area contributed by atoms with Crippen molar-refractivity contribution in [3.05, 3.63) is 68.3 Å². The summed E-state index contributed by atoms with van der Waals surface area (Å²) in [7, 11) is -3.57. The summed E-state index contributed by atoms with van der Waals surface area (Å²) < 4.78 is 60.5. The molecule has 200 valence electrons. The monoisotopic (exact) mass is 602 g/mol. The minimum Gasteiger partial charge on any atom is -0.481 e. The maximum Gasteiger partial charge on any atom is 0.261 e. The summed E-state index contributed by atoms with van der Waals surface area (Å²) in [6.45, 7) is -1.06. The van der Waals surface area contributed by atoms with E-state index in [1.807, 2.05) is 0 Å². The summed E-state index contributed by atoms with van der Waals surface area (Å²) in [5.41, 5.74) is 1.24. The Hall–Kier alpha value is -3.07. The SMILES string of the molecule is CS(=O)(=O)Nc1ccc(OCC(=O)N2CCc3nc4sc(CF)nn4c3C2c2ccc(Cl)cc2F)c(Cl)n1. The number of rotatable bonds is 7. The molecule has 3 aromatic heterocycles. The van der Waals surface area contributed by atoms with E-state index < -0.39 is 41.1 Å². The van der Waals surface area contributed by atoms with Crippen LogP contribution in [0.25, 0.3) is 4.96 Å². The second-order valence-electron chi connectivity index (χ2n) is 8.32. The van der Waals surface area contributed by atoms with Crippen LogP contribution in [0.2, 0.25) is 10.2 Å². The number of nitrogens with zero attached hydrogens (tertiary/aromatic N) is 5. The number of carbonyl (C=O) groups excluding carboxylic acids is 1. The van der Waals surface area contributed by atoms with E-state index in [-0.39, 0.29) is 38.9 Å². The molecular weight excluding hydrogens is 585 g/mol. The Morgan fingerprint density at radius 2 is 2.05 bits per heavy atom. The molecule has 1 aromatic carbocycles. The third-order valence-electron chi connectivity index (χ3n) is 5.66. The topological polar surface area (TPSA) is 119 Å². The number of alkyl halides is 1. The van der Waals surface area contributed by atoms with Gasteiger partial charge in [0, 0.05) is 23.6 Å². The van der Waals surface area contributed by atoms with Gasteiger partial charge in [0.15, 0.2) is 17.5 Å². The van der Waals surface area contributed by atoms with Crippen molar-refractivity contribution in [2.24, 2.45) is 0 Å². The zero-order valence-corrected chi connectivity index (χ0v) is 22.6. The summed E-state index contributed by atoms with van der Waals surface area (Å²) in [6, 6.07) is 5.90. The van der Waals surface area contributed by atoms with E-state index in [4.69, 9.17) is 27.9 Å². The maximum atomic E-state index is 15.2. The number of carbonyl (C=O) groups is 1. The van der Waals surface area contributed by atoms with Crippen LogP contribution >= 0.6 is 34.5 Å². The lowest BCUT2D eigenvalue weighted by atomic mass is 9.95. The quantitative estimate of drug-likeness (QED) is 0.317. The first kappa shape index (κ1) is 26.5. The number of fused-ring (bicyclic) bond motifs is 3. The number of pyridine rings is 1. The van der Waals surface area contributed by atoms with Crippen molar-refractivity contribution in [2.45, 2.75) is 19.1 Å². The molecule has 1 amide bonds. The van der Waals surface area contributed by atoms with Gasteiger partial charge in [-0.25, -0.2) is 31.7 Å². The fraction of sp³-hybridized carbons (Fsp3) is 0.273. The van der Waals surface area contributed by atoms with Crippen molar-refractivity contribution in [3.63, 3.8) is 0 Å². The lowest BCUT2D eigenvalue weighted by Crippen LogP contribution is -2.43. The third-order valence-corrected chi connectivity index (χ3v) is 7.62. The molecule has 16 heteroatoms. The molecule has 0 fully saturated rings. The van der Waals surface area contributed by atoms with Gasteiger partial charge in [-0.3, -0.25) is 9.52 Å². The number of aromatic nitrogens is 4. The highest BCUT2D eigenvalue weighted by atomic mass is 35.5. The standard InChI is InChI=1S/C22H18Cl2F2N6O4S2/c1-38(34,35)30-16-5-4-15(21(24)28-16)36-10-18(33)31-7-6-14-20(32-22(27-14)37-17(9-25)29-32)19(31)12-3-2-11(23)8-13(12)26/h2-5,8,19H,6-7,9-10H2,1H3,(H,28,30). The fourth-order valence-corrected chi connectivity index (χ4v) is 5.80. The molecular formula is C22H18Cl2F2N6O4S2. The normalized spacial score (nSPS) is 15.5. The minimum absolute atomic E-state index is 0.0151. The Labute approximate surface area is 229 Å². The molecule has 0 saturated heterocycles. The van der Waals surface area contributed by atoms with Crippen LogP contribution < -0.4 is 9.46 Å². The Morgan fingerprint density at radius 1 is 1.26 bits per heavy atom. The second-order valence-corrected chi connectivity index (χ2v) is 11.9. The van der Waals surface area contributed by atoms with Gasteiger partial charge < -0.3 is 9.64 Å². The first-order valence-corrected chi connectivity index (χ1v) is 14.4.